The number of nitrogens with zero attached hydrogens (tertiary/aromatic N) is 4. The highest BCUT2D eigenvalue weighted by atomic mass is 35.5. The lowest BCUT2D eigenvalue weighted by Crippen LogP contribution is -2.55. The van der Waals surface area contributed by atoms with E-state index in [4.69, 9.17) is 16.3 Å². The van der Waals surface area contributed by atoms with Gasteiger partial charge in [0.05, 0.1) is 23.4 Å². The molecule has 1 fully saturated rings. The lowest BCUT2D eigenvalue weighted by Gasteiger charge is -2.36. The number of fused-ring (bicyclic) bond motifs is 1. The number of carbonyl (C=O) groups is 2. The molecule has 1 aliphatic heterocycles. The molecule has 9 nitrogen and oxygen atoms in total. The highest BCUT2D eigenvalue weighted by Gasteiger charge is 2.31. The zero-order chi connectivity index (χ0) is 18.0. The van der Waals surface area contributed by atoms with Crippen LogP contribution in [0, 0.1) is 0 Å². The first-order valence-corrected chi connectivity index (χ1v) is 8.11. The lowest BCUT2D eigenvalue weighted by molar-refractivity contribution is -0.138. The van der Waals surface area contributed by atoms with E-state index >= 15 is 0 Å². The smallest absolute Gasteiger partial charge is 0.271 e. The van der Waals surface area contributed by atoms with E-state index in [1.165, 1.54) is 24.4 Å². The van der Waals surface area contributed by atoms with Crippen molar-refractivity contribution in [3.05, 3.63) is 29.3 Å². The number of β-amino-alcohol motifs (C(OH)–C–C–N with tert-alkyl or cyclic N) is 1. The number of aromatic nitrogens is 3. The van der Waals surface area contributed by atoms with Crippen molar-refractivity contribution in [2.45, 2.75) is 18.6 Å². The number of halogens is 1. The van der Waals surface area contributed by atoms with Crippen LogP contribution >= 0.6 is 11.6 Å². The van der Waals surface area contributed by atoms with Gasteiger partial charge < -0.3 is 20.1 Å². The second kappa shape index (κ2) is 7.34. The number of aliphatic hydroxyl groups excluding tert-OH is 1. The summed E-state index contributed by atoms with van der Waals surface area (Å²) in [5.74, 6) is -0.243. The Bertz CT molecular complexity index is 795. The number of rotatable bonds is 4. The molecule has 1 aliphatic rings. The number of piperidine rings is 1. The number of ether oxygens (including phenoxy) is 1. The van der Waals surface area contributed by atoms with Crippen LogP contribution in [0.1, 0.15) is 16.9 Å². The minimum Gasteiger partial charge on any atom is -0.389 e. The molecule has 2 aromatic rings. The van der Waals surface area contributed by atoms with E-state index in [2.05, 4.69) is 15.3 Å². The third kappa shape index (κ3) is 3.89. The maximum Gasteiger partial charge on any atom is 0.271 e. The summed E-state index contributed by atoms with van der Waals surface area (Å²) in [4.78, 5) is 33.8. The van der Waals surface area contributed by atoms with Crippen LogP contribution in [0.3, 0.4) is 0 Å². The maximum absolute atomic E-state index is 12.4. The molecule has 2 aromatic heterocycles. The molecule has 0 unspecified atom stereocenters. The molecule has 0 bridgehead atoms. The fourth-order valence-electron chi connectivity index (χ4n) is 2.75. The number of carbonyl (C=O) groups excluding carboxylic acids is 2. The van der Waals surface area contributed by atoms with Crippen molar-refractivity contribution in [2.24, 2.45) is 0 Å². The van der Waals surface area contributed by atoms with Crippen molar-refractivity contribution in [3.8, 4) is 0 Å². The zero-order valence-corrected chi connectivity index (χ0v) is 14.3. The monoisotopic (exact) mass is 367 g/mol. The van der Waals surface area contributed by atoms with Gasteiger partial charge in [0.15, 0.2) is 0 Å². The number of hydrogen-bond donors (Lipinski definition) is 2. The fourth-order valence-corrected chi connectivity index (χ4v) is 2.91. The van der Waals surface area contributed by atoms with Crippen molar-refractivity contribution in [3.63, 3.8) is 0 Å². The molecule has 3 heterocycles. The van der Waals surface area contributed by atoms with Gasteiger partial charge in [-0.3, -0.25) is 14.0 Å². The van der Waals surface area contributed by atoms with E-state index in [1.807, 2.05) is 0 Å². The summed E-state index contributed by atoms with van der Waals surface area (Å²) in [5, 5.41) is 13.4. The Morgan fingerprint density at radius 2 is 2.28 bits per heavy atom. The van der Waals surface area contributed by atoms with Gasteiger partial charge in [-0.05, 0) is 6.42 Å². The quantitative estimate of drug-likeness (QED) is 0.769. The van der Waals surface area contributed by atoms with Crippen LogP contribution in [0.5, 0.6) is 0 Å². The normalized spacial score (nSPS) is 20.7. The zero-order valence-electron chi connectivity index (χ0n) is 13.6. The highest BCUT2D eigenvalue weighted by Crippen LogP contribution is 2.13. The van der Waals surface area contributed by atoms with Gasteiger partial charge in [0, 0.05) is 32.6 Å². The number of likely N-dealkylation sites (tertiary alicyclic amines) is 1. The first-order chi connectivity index (χ1) is 12.0. The molecule has 134 valence electrons. The first kappa shape index (κ1) is 17.6. The van der Waals surface area contributed by atoms with Crippen LogP contribution in [-0.4, -0.2) is 75.1 Å². The SMILES string of the molecule is COCC(=O)N1CC[C@@H](NC(=O)c2cn3cc(Cl)cnc3n2)[C@H](O)C1. The van der Waals surface area contributed by atoms with Gasteiger partial charge in [-0.25, -0.2) is 9.97 Å². The van der Waals surface area contributed by atoms with E-state index < -0.39 is 18.1 Å². The van der Waals surface area contributed by atoms with Gasteiger partial charge in [0.1, 0.15) is 12.3 Å². The molecule has 10 heteroatoms. The Labute approximate surface area is 148 Å². The molecule has 1 saturated heterocycles. The second-order valence-corrected chi connectivity index (χ2v) is 6.25. The van der Waals surface area contributed by atoms with Crippen molar-refractivity contribution < 1.29 is 19.4 Å². The van der Waals surface area contributed by atoms with E-state index in [0.717, 1.165) is 0 Å². The highest BCUT2D eigenvalue weighted by molar-refractivity contribution is 6.30. The van der Waals surface area contributed by atoms with Gasteiger partial charge >= 0.3 is 0 Å². The van der Waals surface area contributed by atoms with E-state index in [9.17, 15) is 14.7 Å². The standard InChI is InChI=1S/C15H18ClN5O4/c1-25-8-13(23)20-3-2-10(12(22)7-20)18-14(24)11-6-21-5-9(16)4-17-15(21)19-11/h4-6,10,12,22H,2-3,7-8H2,1H3,(H,18,24)/t10-,12-/m1/s1. The number of imidazole rings is 1. The summed E-state index contributed by atoms with van der Waals surface area (Å²) in [6, 6.07) is -0.458. The minimum atomic E-state index is -0.858. The third-order valence-electron chi connectivity index (χ3n) is 4.03. The van der Waals surface area contributed by atoms with Crippen LogP contribution in [0.25, 0.3) is 5.78 Å². The topological polar surface area (TPSA) is 109 Å². The summed E-state index contributed by atoms with van der Waals surface area (Å²) in [6.45, 7) is 0.558. The Balaban J connectivity index is 1.63. The second-order valence-electron chi connectivity index (χ2n) is 5.81. The number of nitrogens with one attached hydrogen (secondary N) is 1. The van der Waals surface area contributed by atoms with Crippen LogP contribution in [0.15, 0.2) is 18.6 Å². The van der Waals surface area contributed by atoms with Crippen molar-refractivity contribution in [2.75, 3.05) is 26.8 Å². The van der Waals surface area contributed by atoms with Gasteiger partial charge in [0.25, 0.3) is 5.91 Å². The predicted octanol–water partition coefficient (Wildman–Crippen LogP) is -0.279. The summed E-state index contributed by atoms with van der Waals surface area (Å²) >= 11 is 5.86. The molecule has 0 radical (unpaired) electrons. The molecule has 3 rings (SSSR count). The molecule has 0 spiro atoms. The van der Waals surface area contributed by atoms with Crippen LogP contribution in [-0.2, 0) is 9.53 Å². The van der Waals surface area contributed by atoms with Gasteiger partial charge in [-0.2, -0.15) is 0 Å². The molecule has 2 N–H and O–H groups in total. The Hall–Kier alpha value is -2.23. The van der Waals surface area contributed by atoms with E-state index in [0.29, 0.717) is 23.8 Å². The Morgan fingerprint density at radius 1 is 1.48 bits per heavy atom. The lowest BCUT2D eigenvalue weighted by atomic mass is 10.0. The van der Waals surface area contributed by atoms with Crippen molar-refractivity contribution in [1.29, 1.82) is 0 Å². The van der Waals surface area contributed by atoms with Gasteiger partial charge in [0.2, 0.25) is 11.7 Å². The number of amides is 2. The van der Waals surface area contributed by atoms with E-state index in [1.54, 1.807) is 10.6 Å². The Kier molecular flexibility index (Phi) is 5.16. The summed E-state index contributed by atoms with van der Waals surface area (Å²) in [5.41, 5.74) is 0.180. The first-order valence-electron chi connectivity index (χ1n) is 7.74. The molecule has 0 saturated carbocycles. The maximum atomic E-state index is 12.4. The minimum absolute atomic E-state index is 0.0272. The molecule has 2 atom stereocenters. The number of methoxy groups -OCH3 is 1. The van der Waals surface area contributed by atoms with Crippen LogP contribution in [0.4, 0.5) is 0 Å². The third-order valence-corrected chi connectivity index (χ3v) is 4.23. The molecule has 0 aromatic carbocycles. The molecule has 0 aliphatic carbocycles. The summed E-state index contributed by atoms with van der Waals surface area (Å²) < 4.78 is 6.37. The predicted molar refractivity (Wildman–Crippen MR) is 88.3 cm³/mol. The average Bonchev–Trinajstić information content (AvgIpc) is 3.00. The van der Waals surface area contributed by atoms with Gasteiger partial charge in [-0.15, -0.1) is 0 Å². The molecular formula is C15H18ClN5O4. The molecule has 2 amide bonds. The summed E-state index contributed by atoms with van der Waals surface area (Å²) in [7, 11) is 1.44. The molecule has 25 heavy (non-hydrogen) atoms. The van der Waals surface area contributed by atoms with Crippen molar-refractivity contribution >= 4 is 29.2 Å². The van der Waals surface area contributed by atoms with Crippen molar-refractivity contribution in [1.82, 2.24) is 24.6 Å². The van der Waals surface area contributed by atoms with Gasteiger partial charge in [-0.1, -0.05) is 11.6 Å². The fraction of sp³-hybridized carbons (Fsp3) is 0.467. The van der Waals surface area contributed by atoms with Crippen LogP contribution < -0.4 is 5.32 Å². The van der Waals surface area contributed by atoms with Crippen LogP contribution in [0.2, 0.25) is 5.02 Å². The van der Waals surface area contributed by atoms with E-state index in [-0.39, 0.29) is 24.8 Å². The molecular weight excluding hydrogens is 350 g/mol. The summed E-state index contributed by atoms with van der Waals surface area (Å²) in [6.07, 6.45) is 4.15. The average molecular weight is 368 g/mol. The number of aliphatic hydroxyl groups is 1. The largest absolute Gasteiger partial charge is 0.389 e. The Morgan fingerprint density at radius 3 is 3.00 bits per heavy atom. The number of hydrogen-bond acceptors (Lipinski definition) is 6.